The van der Waals surface area contributed by atoms with Crippen molar-refractivity contribution in [2.45, 2.75) is 5.92 Å². The first-order valence-corrected chi connectivity index (χ1v) is 6.10. The summed E-state index contributed by atoms with van der Waals surface area (Å²) in [5.74, 6) is -0.769. The van der Waals surface area contributed by atoms with Crippen LogP contribution in [0.2, 0.25) is 0 Å². The normalized spacial score (nSPS) is 12.0. The van der Waals surface area contributed by atoms with Crippen LogP contribution >= 0.6 is 0 Å². The summed E-state index contributed by atoms with van der Waals surface area (Å²) in [4.78, 5) is 25.0. The van der Waals surface area contributed by atoms with Gasteiger partial charge in [0.05, 0.1) is 19.6 Å². The van der Waals surface area contributed by atoms with Gasteiger partial charge in [0.2, 0.25) is 5.91 Å². The average molecular weight is 264 g/mol. The van der Waals surface area contributed by atoms with E-state index in [4.69, 9.17) is 4.74 Å². The minimum Gasteiger partial charge on any atom is -0.469 e. The molecule has 1 aromatic carbocycles. The van der Waals surface area contributed by atoms with Crippen LogP contribution in [0.4, 0.5) is 0 Å². The first kappa shape index (κ1) is 15.2. The molecule has 1 rings (SSSR count). The maximum Gasteiger partial charge on any atom is 0.314 e. The summed E-state index contributed by atoms with van der Waals surface area (Å²) in [6.45, 7) is 0.681. The van der Waals surface area contributed by atoms with Gasteiger partial charge in [0.1, 0.15) is 0 Å². The van der Waals surface area contributed by atoms with E-state index in [-0.39, 0.29) is 24.3 Å². The Bertz CT molecular complexity index is 420. The number of hydrogen-bond donors (Lipinski definition) is 1. The Hall–Kier alpha value is -1.88. The van der Waals surface area contributed by atoms with Gasteiger partial charge in [-0.1, -0.05) is 30.3 Å². The van der Waals surface area contributed by atoms with Gasteiger partial charge in [0, 0.05) is 13.6 Å². The van der Waals surface area contributed by atoms with Gasteiger partial charge in [0.25, 0.3) is 0 Å². The zero-order valence-corrected chi connectivity index (χ0v) is 11.6. The molecule has 0 saturated heterocycles. The molecule has 104 valence electrons. The van der Waals surface area contributed by atoms with Crippen LogP contribution in [0.3, 0.4) is 0 Å². The number of ether oxygens (including phenoxy) is 1. The standard InChI is InChI=1S/C14H20N2O3/c1-15-13(17)10-16(2)9-12(14(18)19-3)11-7-5-4-6-8-11/h4-8,12H,9-10H2,1-3H3,(H,15,17). The summed E-state index contributed by atoms with van der Waals surface area (Å²) in [6, 6.07) is 9.42. The van der Waals surface area contributed by atoms with Gasteiger partial charge in [0.15, 0.2) is 0 Å². The summed E-state index contributed by atoms with van der Waals surface area (Å²) in [5.41, 5.74) is 0.887. The Balaban J connectivity index is 2.76. The number of esters is 1. The number of likely N-dealkylation sites (N-methyl/N-ethyl adjacent to an activating group) is 2. The van der Waals surface area contributed by atoms with Crippen molar-refractivity contribution in [2.24, 2.45) is 0 Å². The number of rotatable bonds is 6. The van der Waals surface area contributed by atoms with Crippen molar-refractivity contribution in [1.29, 1.82) is 0 Å². The SMILES string of the molecule is CNC(=O)CN(C)CC(C(=O)OC)c1ccccc1. The number of carbonyl (C=O) groups is 2. The van der Waals surface area contributed by atoms with Gasteiger partial charge in [-0.15, -0.1) is 0 Å². The van der Waals surface area contributed by atoms with E-state index in [0.717, 1.165) is 5.56 Å². The lowest BCUT2D eigenvalue weighted by molar-refractivity contribution is -0.143. The molecule has 19 heavy (non-hydrogen) atoms. The predicted molar refractivity (Wildman–Crippen MR) is 72.8 cm³/mol. The molecule has 0 aromatic heterocycles. The molecular weight excluding hydrogens is 244 g/mol. The molecule has 1 unspecified atom stereocenters. The molecular formula is C14H20N2O3. The predicted octanol–water partition coefficient (Wildman–Crippen LogP) is 0.621. The van der Waals surface area contributed by atoms with Crippen molar-refractivity contribution in [3.8, 4) is 0 Å². The maximum atomic E-state index is 11.9. The Morgan fingerprint density at radius 3 is 2.47 bits per heavy atom. The molecule has 1 N–H and O–H groups in total. The van der Waals surface area contributed by atoms with E-state index in [0.29, 0.717) is 6.54 Å². The van der Waals surface area contributed by atoms with Crippen molar-refractivity contribution in [2.75, 3.05) is 34.3 Å². The number of benzene rings is 1. The monoisotopic (exact) mass is 264 g/mol. The van der Waals surface area contributed by atoms with Gasteiger partial charge >= 0.3 is 5.97 Å². The molecule has 0 aliphatic carbocycles. The summed E-state index contributed by atoms with van der Waals surface area (Å²) < 4.78 is 4.83. The Kier molecular flexibility index (Phi) is 6.02. The van der Waals surface area contributed by atoms with E-state index in [1.807, 2.05) is 30.3 Å². The van der Waals surface area contributed by atoms with Gasteiger partial charge in [-0.05, 0) is 12.6 Å². The fourth-order valence-corrected chi connectivity index (χ4v) is 1.84. The lowest BCUT2D eigenvalue weighted by Crippen LogP contribution is -2.37. The van der Waals surface area contributed by atoms with E-state index >= 15 is 0 Å². The van der Waals surface area contributed by atoms with Gasteiger partial charge in [-0.3, -0.25) is 14.5 Å². The average Bonchev–Trinajstić information content (AvgIpc) is 2.44. The molecule has 5 nitrogen and oxygen atoms in total. The quantitative estimate of drug-likeness (QED) is 0.765. The minimum absolute atomic E-state index is 0.0841. The molecule has 0 saturated carbocycles. The van der Waals surface area contributed by atoms with Crippen LogP contribution in [0.5, 0.6) is 0 Å². The molecule has 0 heterocycles. The Labute approximate surface area is 113 Å². The lowest BCUT2D eigenvalue weighted by atomic mass is 9.99. The minimum atomic E-state index is -0.388. The second-order valence-electron chi connectivity index (χ2n) is 4.36. The molecule has 0 aliphatic rings. The molecule has 5 heteroatoms. The molecule has 0 aliphatic heterocycles. The molecule has 1 aromatic rings. The smallest absolute Gasteiger partial charge is 0.314 e. The van der Waals surface area contributed by atoms with E-state index in [1.165, 1.54) is 7.11 Å². The highest BCUT2D eigenvalue weighted by atomic mass is 16.5. The highest BCUT2D eigenvalue weighted by Crippen LogP contribution is 2.18. The second-order valence-corrected chi connectivity index (χ2v) is 4.36. The van der Waals surface area contributed by atoms with Crippen molar-refractivity contribution < 1.29 is 14.3 Å². The third-order valence-electron chi connectivity index (χ3n) is 2.87. The molecule has 0 spiro atoms. The first-order valence-electron chi connectivity index (χ1n) is 6.10. The van der Waals surface area contributed by atoms with Crippen molar-refractivity contribution in [3.63, 3.8) is 0 Å². The fraction of sp³-hybridized carbons (Fsp3) is 0.429. The Morgan fingerprint density at radius 2 is 1.95 bits per heavy atom. The highest BCUT2D eigenvalue weighted by Gasteiger charge is 2.23. The van der Waals surface area contributed by atoms with Crippen LogP contribution in [-0.2, 0) is 14.3 Å². The lowest BCUT2D eigenvalue weighted by Gasteiger charge is -2.22. The van der Waals surface area contributed by atoms with Crippen LogP contribution in [-0.4, -0.2) is 51.1 Å². The number of nitrogens with one attached hydrogen (secondary N) is 1. The van der Waals surface area contributed by atoms with Crippen LogP contribution in [0.15, 0.2) is 30.3 Å². The third kappa shape index (κ3) is 4.71. The van der Waals surface area contributed by atoms with Crippen molar-refractivity contribution in [1.82, 2.24) is 10.2 Å². The summed E-state index contributed by atoms with van der Waals surface area (Å²) >= 11 is 0. The van der Waals surface area contributed by atoms with E-state index in [9.17, 15) is 9.59 Å². The molecule has 0 radical (unpaired) electrons. The first-order chi connectivity index (χ1) is 9.08. The topological polar surface area (TPSA) is 58.6 Å². The van der Waals surface area contributed by atoms with Gasteiger partial charge in [-0.25, -0.2) is 0 Å². The van der Waals surface area contributed by atoms with E-state index < -0.39 is 0 Å². The highest BCUT2D eigenvalue weighted by molar-refractivity contribution is 5.79. The van der Waals surface area contributed by atoms with Gasteiger partial charge in [-0.2, -0.15) is 0 Å². The number of nitrogens with zero attached hydrogens (tertiary/aromatic N) is 1. The zero-order valence-electron chi connectivity index (χ0n) is 11.6. The Morgan fingerprint density at radius 1 is 1.32 bits per heavy atom. The van der Waals surface area contributed by atoms with E-state index in [1.54, 1.807) is 19.0 Å². The summed E-state index contributed by atoms with van der Waals surface area (Å²) in [7, 11) is 4.76. The fourth-order valence-electron chi connectivity index (χ4n) is 1.84. The van der Waals surface area contributed by atoms with Gasteiger partial charge < -0.3 is 10.1 Å². The third-order valence-corrected chi connectivity index (χ3v) is 2.87. The molecule has 0 bridgehead atoms. The number of hydrogen-bond acceptors (Lipinski definition) is 4. The largest absolute Gasteiger partial charge is 0.469 e. The van der Waals surface area contributed by atoms with Crippen LogP contribution in [0.1, 0.15) is 11.5 Å². The summed E-state index contributed by atoms with van der Waals surface area (Å²) in [6.07, 6.45) is 0. The number of carbonyl (C=O) groups excluding carboxylic acids is 2. The molecule has 1 atom stereocenters. The summed E-state index contributed by atoms with van der Waals surface area (Å²) in [5, 5.41) is 2.56. The second kappa shape index (κ2) is 7.53. The van der Waals surface area contributed by atoms with Crippen LogP contribution in [0.25, 0.3) is 0 Å². The van der Waals surface area contributed by atoms with Crippen molar-refractivity contribution >= 4 is 11.9 Å². The van der Waals surface area contributed by atoms with Crippen LogP contribution < -0.4 is 5.32 Å². The zero-order chi connectivity index (χ0) is 14.3. The number of methoxy groups -OCH3 is 1. The van der Waals surface area contributed by atoms with Crippen molar-refractivity contribution in [3.05, 3.63) is 35.9 Å². The van der Waals surface area contributed by atoms with E-state index in [2.05, 4.69) is 5.32 Å². The van der Waals surface area contributed by atoms with Crippen LogP contribution in [0, 0.1) is 0 Å². The molecule has 1 amide bonds. The maximum absolute atomic E-state index is 11.9. The number of amides is 1. The molecule has 0 fully saturated rings.